The number of rotatable bonds is 3. The van der Waals surface area contributed by atoms with Crippen LogP contribution >= 0.6 is 0 Å². The van der Waals surface area contributed by atoms with Crippen molar-refractivity contribution in [2.45, 2.75) is 0 Å². The first kappa shape index (κ1) is 10.8. The molecular formula is C44H26O2. The van der Waals surface area contributed by atoms with Gasteiger partial charge in [0.25, 0.3) is 0 Å². The first-order valence-corrected chi connectivity index (χ1v) is 13.6. The average Bonchev–Trinajstić information content (AvgIpc) is 3.96. The monoisotopic (exact) mass is 612 g/mol. The Hall–Kier alpha value is -6.12. The van der Waals surface area contributed by atoms with Crippen LogP contribution in [-0.2, 0) is 0 Å². The molecule has 2 aromatic heterocycles. The van der Waals surface area contributed by atoms with Gasteiger partial charge in [-0.2, -0.15) is 0 Å². The van der Waals surface area contributed by atoms with Crippen LogP contribution in [0.15, 0.2) is 166 Å². The van der Waals surface area contributed by atoms with Crippen LogP contribution in [0.4, 0.5) is 0 Å². The van der Waals surface area contributed by atoms with Crippen LogP contribution in [0.2, 0.25) is 0 Å². The maximum Gasteiger partial charge on any atom is 0.136 e. The molecule has 0 aliphatic carbocycles. The minimum Gasteiger partial charge on any atom is -0.456 e. The number of hydrogen-bond acceptors (Lipinski definition) is 2. The highest BCUT2D eigenvalue weighted by Crippen LogP contribution is 2.46. The van der Waals surface area contributed by atoms with Gasteiger partial charge in [0.15, 0.2) is 0 Å². The van der Waals surface area contributed by atoms with Crippen LogP contribution in [0.5, 0.6) is 0 Å². The van der Waals surface area contributed by atoms with E-state index in [0.29, 0.717) is 0 Å². The molecule has 0 bridgehead atoms. The fourth-order valence-corrected chi connectivity index (χ4v) is 5.68. The second kappa shape index (κ2) is 9.69. The van der Waals surface area contributed by atoms with Crippen LogP contribution in [0.1, 0.15) is 35.6 Å². The number of para-hydroxylation sites is 1. The van der Waals surface area contributed by atoms with Gasteiger partial charge in [-0.1, -0.05) is 127 Å². The largest absolute Gasteiger partial charge is 0.456 e. The molecule has 0 saturated carbocycles. The van der Waals surface area contributed by atoms with E-state index in [9.17, 15) is 12.3 Å². The molecule has 8 aromatic carbocycles. The van der Waals surface area contributed by atoms with Gasteiger partial charge in [-0.05, 0) is 85.1 Å². The number of benzene rings is 8. The Morgan fingerprint density at radius 1 is 0.304 bits per heavy atom. The first-order valence-electron chi connectivity index (χ1n) is 26.6. The molecule has 0 saturated heterocycles. The van der Waals surface area contributed by atoms with Gasteiger partial charge in [0, 0.05) is 21.5 Å². The molecule has 0 fully saturated rings. The molecule has 0 radical (unpaired) electrons. The normalized spacial score (nSPS) is 19.8. The second-order valence-corrected chi connectivity index (χ2v) is 10.0. The number of hydrogen-bond donors (Lipinski definition) is 0. The zero-order valence-corrected chi connectivity index (χ0v) is 22.8. The molecule has 2 heteroatoms. The predicted octanol–water partition coefficient (Wildman–Crippen LogP) is 12.8. The molecular weight excluding hydrogens is 560 g/mol. The highest BCUT2D eigenvalue weighted by molar-refractivity contribution is 6.27. The summed E-state index contributed by atoms with van der Waals surface area (Å²) in [6, 6.07) is -22.9. The van der Waals surface area contributed by atoms with E-state index in [0.717, 1.165) is 0 Å². The van der Waals surface area contributed by atoms with E-state index in [2.05, 4.69) is 0 Å². The lowest BCUT2D eigenvalue weighted by Crippen LogP contribution is -1.91. The summed E-state index contributed by atoms with van der Waals surface area (Å²) in [7, 11) is 0. The minimum absolute atomic E-state index is 0.229. The molecule has 10 rings (SSSR count). The lowest BCUT2D eigenvalue weighted by Gasteiger charge is -2.18. The number of fused-ring (bicyclic) bond motifs is 9. The second-order valence-electron chi connectivity index (χ2n) is 10.0. The number of furan rings is 2. The van der Waals surface area contributed by atoms with Crippen molar-refractivity contribution < 1.29 is 44.5 Å². The molecule has 0 spiro atoms. The molecule has 214 valence electrons. The van der Waals surface area contributed by atoms with Gasteiger partial charge in [-0.15, -0.1) is 0 Å². The minimum atomic E-state index is -1.05. The Morgan fingerprint density at radius 2 is 0.739 bits per heavy atom. The van der Waals surface area contributed by atoms with Gasteiger partial charge in [-0.25, -0.2) is 0 Å². The Balaban J connectivity index is 1.45. The Kier molecular flexibility index (Phi) is 2.26. The van der Waals surface area contributed by atoms with Gasteiger partial charge in [0.2, 0.25) is 0 Å². The highest BCUT2D eigenvalue weighted by atomic mass is 16.3. The van der Waals surface area contributed by atoms with Crippen molar-refractivity contribution in [2.24, 2.45) is 0 Å². The summed E-state index contributed by atoms with van der Waals surface area (Å²) in [6.07, 6.45) is 0. The molecule has 0 aliphatic rings. The zero-order valence-electron chi connectivity index (χ0n) is 48.8. The quantitative estimate of drug-likeness (QED) is 0.186. The van der Waals surface area contributed by atoms with Crippen molar-refractivity contribution in [3.05, 3.63) is 157 Å². The van der Waals surface area contributed by atoms with Crippen LogP contribution in [0, 0.1) is 0 Å². The van der Waals surface area contributed by atoms with Crippen molar-refractivity contribution in [1.82, 2.24) is 0 Å². The molecule has 2 heterocycles. The summed E-state index contributed by atoms with van der Waals surface area (Å²) < 4.78 is 244. The third-order valence-corrected chi connectivity index (χ3v) is 7.58. The van der Waals surface area contributed by atoms with Gasteiger partial charge < -0.3 is 8.83 Å². The fraction of sp³-hybridized carbons (Fsp3) is 0. The van der Waals surface area contributed by atoms with Crippen molar-refractivity contribution in [1.29, 1.82) is 0 Å². The third-order valence-electron chi connectivity index (χ3n) is 7.58. The maximum absolute atomic E-state index is 9.75. The van der Waals surface area contributed by atoms with Gasteiger partial charge >= 0.3 is 0 Å². The maximum atomic E-state index is 9.75. The summed E-state index contributed by atoms with van der Waals surface area (Å²) >= 11 is 0. The third kappa shape index (κ3) is 3.65. The van der Waals surface area contributed by atoms with Gasteiger partial charge in [0.05, 0.1) is 35.6 Å². The summed E-state index contributed by atoms with van der Waals surface area (Å²) in [5.41, 5.74) is -6.42. The van der Waals surface area contributed by atoms with E-state index in [4.69, 9.17) is 32.1 Å². The van der Waals surface area contributed by atoms with E-state index in [1.54, 1.807) is 0 Å². The molecule has 10 aromatic rings. The highest BCUT2D eigenvalue weighted by Gasteiger charge is 2.20. The van der Waals surface area contributed by atoms with E-state index in [1.165, 1.54) is 0 Å². The lowest BCUT2D eigenvalue weighted by atomic mass is 9.85. The first-order chi connectivity index (χ1) is 33.6. The van der Waals surface area contributed by atoms with Crippen molar-refractivity contribution in [3.63, 3.8) is 0 Å². The van der Waals surface area contributed by atoms with Crippen LogP contribution in [0.3, 0.4) is 0 Å². The molecule has 0 aliphatic heterocycles. The lowest BCUT2D eigenvalue weighted by molar-refractivity contribution is 0.663. The van der Waals surface area contributed by atoms with Crippen LogP contribution in [0.25, 0.3) is 98.8 Å². The van der Waals surface area contributed by atoms with Gasteiger partial charge in [-0.3, -0.25) is 0 Å². The molecule has 2 nitrogen and oxygen atoms in total. The Labute approximate surface area is 301 Å². The standard InChI is InChI=1S/C44H26O2/c1-2-10-27(11-3-1)28-18-20-29(21-19-28)41-31-12-4-6-14-33(31)42(34-15-7-5-13-32(34)41)30-22-23-36-40(26-30)46-39-25-24-38-43(44(36)39)35-16-8-9-17-37(35)45-38/h1-26H/i1D,2D,3D,4D,5D,6D,7D,8D,9D,10D,11D,12D,13D,14D,15D,16D,17D,18D,19D,20D,21D,22D,23D,24D,25D,26D. The average molecular weight is 613 g/mol. The SMILES string of the molecule is [2H]c1c([2H])c([2H])c(-c2c([2H])c([2H])c(-c3c4c([2H])c([2H])c([2H])c([2H])c4c(-c4c([2H])c([2H])c5c(oc6c([2H])c([2H])c7oc8c([2H])c([2H])c([2H])c([2H])c8c7c65)c4[2H])c4c([2H])c([2H])c([2H])c([2H])c34)c([2H])c2[2H])c([2H])c1[2H]. The van der Waals surface area contributed by atoms with Gasteiger partial charge in [0.1, 0.15) is 22.3 Å². The molecule has 46 heavy (non-hydrogen) atoms. The van der Waals surface area contributed by atoms with E-state index < -0.39 is 240 Å². The van der Waals surface area contributed by atoms with E-state index >= 15 is 0 Å². The summed E-state index contributed by atoms with van der Waals surface area (Å²) in [6.45, 7) is 0. The van der Waals surface area contributed by atoms with E-state index in [1.807, 2.05) is 0 Å². The molecule has 0 amide bonds. The summed E-state index contributed by atoms with van der Waals surface area (Å²) in [5, 5.41) is -4.03. The Bertz CT molecular complexity index is 4150. The van der Waals surface area contributed by atoms with Crippen molar-refractivity contribution >= 4 is 65.4 Å². The molecule has 0 N–H and O–H groups in total. The predicted molar refractivity (Wildman–Crippen MR) is 192 cm³/mol. The Morgan fingerprint density at radius 3 is 1.37 bits per heavy atom. The summed E-state index contributed by atoms with van der Waals surface area (Å²) in [4.78, 5) is 0. The molecule has 0 atom stereocenters. The smallest absolute Gasteiger partial charge is 0.136 e. The van der Waals surface area contributed by atoms with Crippen LogP contribution in [-0.4, -0.2) is 0 Å². The fourth-order valence-electron chi connectivity index (χ4n) is 5.68. The topological polar surface area (TPSA) is 26.3 Å². The van der Waals surface area contributed by atoms with Crippen molar-refractivity contribution in [2.75, 3.05) is 0 Å². The van der Waals surface area contributed by atoms with E-state index in [-0.39, 0.29) is 16.2 Å². The van der Waals surface area contributed by atoms with Crippen molar-refractivity contribution in [3.8, 4) is 33.4 Å². The zero-order chi connectivity index (χ0) is 52.8. The molecule has 0 unspecified atom stereocenters. The summed E-state index contributed by atoms with van der Waals surface area (Å²) in [5.74, 6) is 0. The van der Waals surface area contributed by atoms with Crippen LogP contribution < -0.4 is 0 Å².